The van der Waals surface area contributed by atoms with Crippen LogP contribution in [-0.4, -0.2) is 58.7 Å². The smallest absolute Gasteiger partial charge is 0.227 e. The van der Waals surface area contributed by atoms with Gasteiger partial charge in [-0.3, -0.25) is 0 Å². The molecule has 0 saturated carbocycles. The van der Waals surface area contributed by atoms with Gasteiger partial charge in [0.05, 0.1) is 0 Å². The minimum absolute atomic E-state index is 0.0853. The summed E-state index contributed by atoms with van der Waals surface area (Å²) in [5.74, 6) is 0.457. The Labute approximate surface area is 188 Å². The van der Waals surface area contributed by atoms with E-state index in [4.69, 9.17) is 19.4 Å². The van der Waals surface area contributed by atoms with E-state index in [9.17, 15) is 13.3 Å². The zero-order valence-electron chi connectivity index (χ0n) is 17.7. The van der Waals surface area contributed by atoms with Crippen molar-refractivity contribution in [1.82, 2.24) is 9.97 Å². The molecule has 0 radical (unpaired) electrons. The molecule has 1 aromatic heterocycles. The van der Waals surface area contributed by atoms with Crippen molar-refractivity contribution in [2.24, 2.45) is 0 Å². The van der Waals surface area contributed by atoms with Crippen LogP contribution in [0.2, 0.25) is 0 Å². The van der Waals surface area contributed by atoms with Crippen molar-refractivity contribution in [3.05, 3.63) is 35.5 Å². The van der Waals surface area contributed by atoms with Gasteiger partial charge in [0.2, 0.25) is 10.8 Å². The third-order valence-electron chi connectivity index (χ3n) is 6.16. The molecule has 1 atom stereocenters. The lowest BCUT2D eigenvalue weighted by atomic mass is 10.1. The van der Waals surface area contributed by atoms with E-state index in [2.05, 4.69) is 10.2 Å². The summed E-state index contributed by atoms with van der Waals surface area (Å²) >= 11 is -1.07. The standard InChI is InChI=1S/C22H26F2N4O3S/c23-17-2-1-16(13-18(17)24)31-15-3-8-28(9-4-15)22-26-19-7-12-32(29)20(19)21(27-22)25-14-5-10-30-11-6-14/h1-2,13-15H,3-12H2,(H,25,26,27). The van der Waals surface area contributed by atoms with E-state index in [-0.39, 0.29) is 12.1 Å². The molecule has 0 amide bonds. The number of halogens is 2. The van der Waals surface area contributed by atoms with Crippen molar-refractivity contribution in [3.63, 3.8) is 0 Å². The predicted octanol–water partition coefficient (Wildman–Crippen LogP) is 3.06. The third-order valence-corrected chi connectivity index (χ3v) is 7.62. The molecule has 172 valence electrons. The van der Waals surface area contributed by atoms with Crippen molar-refractivity contribution < 1.29 is 22.8 Å². The molecule has 0 aliphatic carbocycles. The number of aryl methyl sites for hydroxylation is 1. The van der Waals surface area contributed by atoms with E-state index < -0.39 is 22.8 Å². The van der Waals surface area contributed by atoms with E-state index >= 15 is 0 Å². The van der Waals surface area contributed by atoms with Crippen molar-refractivity contribution >= 4 is 22.9 Å². The van der Waals surface area contributed by atoms with E-state index in [1.807, 2.05) is 0 Å². The maximum atomic E-state index is 13.4. The largest absolute Gasteiger partial charge is 0.611 e. The number of aromatic nitrogens is 2. The zero-order valence-corrected chi connectivity index (χ0v) is 18.5. The van der Waals surface area contributed by atoms with Crippen LogP contribution < -0.4 is 15.0 Å². The molecule has 1 aromatic carbocycles. The highest BCUT2D eigenvalue weighted by Gasteiger charge is 2.34. The van der Waals surface area contributed by atoms with Gasteiger partial charge in [-0.1, -0.05) is 0 Å². The van der Waals surface area contributed by atoms with Crippen molar-refractivity contribution in [3.8, 4) is 5.75 Å². The molecule has 0 spiro atoms. The summed E-state index contributed by atoms with van der Waals surface area (Å²) in [4.78, 5) is 12.4. The summed E-state index contributed by atoms with van der Waals surface area (Å²) in [5.41, 5.74) is 0.864. The van der Waals surface area contributed by atoms with Gasteiger partial charge in [0, 0.05) is 57.7 Å². The summed E-state index contributed by atoms with van der Waals surface area (Å²) in [5, 5.41) is 3.50. The topological polar surface area (TPSA) is 82.6 Å². The van der Waals surface area contributed by atoms with Crippen molar-refractivity contribution in [2.45, 2.75) is 49.1 Å². The van der Waals surface area contributed by atoms with Crippen LogP contribution >= 0.6 is 0 Å². The highest BCUT2D eigenvalue weighted by Crippen LogP contribution is 2.34. The predicted molar refractivity (Wildman–Crippen MR) is 117 cm³/mol. The minimum Gasteiger partial charge on any atom is -0.611 e. The Balaban J connectivity index is 1.27. The summed E-state index contributed by atoms with van der Waals surface area (Å²) in [7, 11) is 0. The normalized spacial score (nSPS) is 22.1. The molecule has 1 N–H and O–H groups in total. The van der Waals surface area contributed by atoms with Crippen LogP contribution in [0.5, 0.6) is 5.75 Å². The number of hydrogen-bond acceptors (Lipinski definition) is 7. The third kappa shape index (κ3) is 4.62. The van der Waals surface area contributed by atoms with Crippen LogP contribution in [0.1, 0.15) is 31.4 Å². The fourth-order valence-electron chi connectivity index (χ4n) is 4.37. The molecular weight excluding hydrogens is 438 g/mol. The molecule has 2 fully saturated rings. The number of piperidine rings is 1. The average molecular weight is 465 g/mol. The Hall–Kier alpha value is -2.17. The monoisotopic (exact) mass is 464 g/mol. The van der Waals surface area contributed by atoms with Gasteiger partial charge in [0.25, 0.3) is 0 Å². The molecule has 3 aliphatic rings. The number of fused-ring (bicyclic) bond motifs is 1. The minimum atomic E-state index is -1.07. The zero-order chi connectivity index (χ0) is 22.1. The Morgan fingerprint density at radius 1 is 1.09 bits per heavy atom. The maximum Gasteiger partial charge on any atom is 0.227 e. The molecule has 1 unspecified atom stereocenters. The second-order valence-corrected chi connectivity index (χ2v) is 9.87. The number of hydrogen-bond donors (Lipinski definition) is 1. The van der Waals surface area contributed by atoms with Crippen molar-refractivity contribution in [2.75, 3.05) is 42.3 Å². The van der Waals surface area contributed by atoms with Gasteiger partial charge in [-0.25, -0.2) is 13.8 Å². The highest BCUT2D eigenvalue weighted by molar-refractivity contribution is 7.91. The fraction of sp³-hybridized carbons (Fsp3) is 0.545. The average Bonchev–Trinajstić information content (AvgIpc) is 3.18. The van der Waals surface area contributed by atoms with Gasteiger partial charge < -0.3 is 24.2 Å². The first-order valence-corrected chi connectivity index (χ1v) is 12.4. The lowest BCUT2D eigenvalue weighted by molar-refractivity contribution is 0.0903. The molecule has 2 saturated heterocycles. The lowest BCUT2D eigenvalue weighted by Crippen LogP contribution is -2.39. The number of anilines is 2. The van der Waals surface area contributed by atoms with Gasteiger partial charge in [0.15, 0.2) is 17.5 Å². The lowest BCUT2D eigenvalue weighted by Gasteiger charge is -2.32. The van der Waals surface area contributed by atoms with Crippen LogP contribution in [-0.2, 0) is 22.3 Å². The SMILES string of the molecule is [O-][S+]1CCc2nc(N3CCC(Oc4ccc(F)c(F)c4)CC3)nc(NC3CCOCC3)c21. The van der Waals surface area contributed by atoms with E-state index in [1.54, 1.807) is 0 Å². The Morgan fingerprint density at radius 2 is 1.88 bits per heavy atom. The quantitative estimate of drug-likeness (QED) is 0.681. The molecule has 3 aliphatic heterocycles. The molecule has 32 heavy (non-hydrogen) atoms. The van der Waals surface area contributed by atoms with Crippen molar-refractivity contribution in [1.29, 1.82) is 0 Å². The number of benzene rings is 1. The highest BCUT2D eigenvalue weighted by atomic mass is 32.2. The number of nitrogens with zero attached hydrogens (tertiary/aromatic N) is 3. The molecule has 10 heteroatoms. The van der Waals surface area contributed by atoms with Crippen LogP contribution in [0.15, 0.2) is 23.1 Å². The Bertz CT molecular complexity index is 968. The number of nitrogens with one attached hydrogen (secondary N) is 1. The van der Waals surface area contributed by atoms with Gasteiger partial charge >= 0.3 is 0 Å². The first-order valence-electron chi connectivity index (χ1n) is 11.1. The summed E-state index contributed by atoms with van der Waals surface area (Å²) in [6, 6.07) is 3.86. The van der Waals surface area contributed by atoms with Gasteiger partial charge in [-0.15, -0.1) is 0 Å². The molecule has 4 heterocycles. The second kappa shape index (κ2) is 9.36. The van der Waals surface area contributed by atoms with E-state index in [1.165, 1.54) is 6.07 Å². The fourth-order valence-corrected chi connectivity index (χ4v) is 5.69. The Kier molecular flexibility index (Phi) is 6.34. The van der Waals surface area contributed by atoms with Crippen LogP contribution in [0.3, 0.4) is 0 Å². The first kappa shape index (κ1) is 21.7. The molecule has 7 nitrogen and oxygen atoms in total. The van der Waals surface area contributed by atoms with Crippen LogP contribution in [0.25, 0.3) is 0 Å². The summed E-state index contributed by atoms with van der Waals surface area (Å²) in [6.45, 7) is 2.80. The molecule has 2 aromatic rings. The van der Waals surface area contributed by atoms with E-state index in [0.29, 0.717) is 68.8 Å². The van der Waals surface area contributed by atoms with Gasteiger partial charge in [0.1, 0.15) is 23.3 Å². The number of rotatable bonds is 5. The molecule has 0 bridgehead atoms. The van der Waals surface area contributed by atoms with Crippen LogP contribution in [0, 0.1) is 11.6 Å². The van der Waals surface area contributed by atoms with Gasteiger partial charge in [-0.05, 0) is 36.2 Å². The Morgan fingerprint density at radius 3 is 2.62 bits per heavy atom. The number of ether oxygens (including phenoxy) is 2. The van der Waals surface area contributed by atoms with Gasteiger partial charge in [-0.2, -0.15) is 4.98 Å². The summed E-state index contributed by atoms with van der Waals surface area (Å²) in [6.07, 6.45) is 3.83. The molecular formula is C22H26F2N4O3S. The maximum absolute atomic E-state index is 13.4. The molecule has 5 rings (SSSR count). The van der Waals surface area contributed by atoms with Crippen LogP contribution in [0.4, 0.5) is 20.5 Å². The summed E-state index contributed by atoms with van der Waals surface area (Å²) < 4.78 is 50.4. The first-order chi connectivity index (χ1) is 15.6. The second-order valence-electron chi connectivity index (χ2n) is 8.36. The van der Waals surface area contributed by atoms with E-state index in [0.717, 1.165) is 35.6 Å².